The maximum atomic E-state index is 12.9. The Bertz CT molecular complexity index is 583. The zero-order chi connectivity index (χ0) is 14.4. The van der Waals surface area contributed by atoms with Crippen LogP contribution in [0.25, 0.3) is 6.08 Å². The fraction of sp³-hybridized carbons (Fsp3) is 0.182. The molecule has 2 rings (SSSR count). The molecule has 19 heavy (non-hydrogen) atoms. The predicted octanol–water partition coefficient (Wildman–Crippen LogP) is 3.78. The number of benzene rings is 1. The zero-order valence-corrected chi connectivity index (χ0v) is 10.5. The van der Waals surface area contributed by atoms with E-state index in [2.05, 4.69) is 4.74 Å². The summed E-state index contributed by atoms with van der Waals surface area (Å²) in [5.41, 5.74) is -3.20. The van der Waals surface area contributed by atoms with E-state index in [1.165, 1.54) is 6.07 Å². The Morgan fingerprint density at radius 2 is 1.84 bits per heavy atom. The van der Waals surface area contributed by atoms with Gasteiger partial charge in [0.15, 0.2) is 0 Å². The zero-order valence-electron chi connectivity index (χ0n) is 8.96. The number of carboxylic acids is 1. The van der Waals surface area contributed by atoms with Gasteiger partial charge in [-0.25, -0.2) is 4.79 Å². The van der Waals surface area contributed by atoms with Crippen molar-refractivity contribution in [2.24, 2.45) is 0 Å². The number of hydrogen-bond acceptors (Lipinski definition) is 2. The van der Waals surface area contributed by atoms with Crippen molar-refractivity contribution in [3.63, 3.8) is 0 Å². The summed E-state index contributed by atoms with van der Waals surface area (Å²) in [5.74, 6) is -2.45. The molecule has 1 unspecified atom stereocenters. The van der Waals surface area contributed by atoms with Gasteiger partial charge in [0.05, 0.1) is 10.0 Å². The van der Waals surface area contributed by atoms with E-state index >= 15 is 0 Å². The Morgan fingerprint density at radius 1 is 1.26 bits per heavy atom. The molecule has 0 radical (unpaired) electrons. The van der Waals surface area contributed by atoms with Crippen molar-refractivity contribution >= 4 is 35.2 Å². The fourth-order valence-electron chi connectivity index (χ4n) is 1.57. The lowest BCUT2D eigenvalue weighted by Crippen LogP contribution is -2.56. The molecule has 1 aliphatic rings. The summed E-state index contributed by atoms with van der Waals surface area (Å²) in [7, 11) is 0. The average molecular weight is 313 g/mol. The Morgan fingerprint density at radius 3 is 2.37 bits per heavy atom. The highest BCUT2D eigenvalue weighted by Crippen LogP contribution is 2.43. The highest BCUT2D eigenvalue weighted by Gasteiger charge is 2.63. The van der Waals surface area contributed by atoms with E-state index in [4.69, 9.17) is 28.3 Å². The minimum Gasteiger partial charge on any atom is -0.478 e. The second kappa shape index (κ2) is 4.31. The molecule has 1 heterocycles. The van der Waals surface area contributed by atoms with E-state index in [1.807, 2.05) is 0 Å². The summed E-state index contributed by atoms with van der Waals surface area (Å²) >= 11 is 11.4. The maximum absolute atomic E-state index is 12.9. The van der Waals surface area contributed by atoms with Gasteiger partial charge in [-0.05, 0) is 12.1 Å². The number of hydrogen-bond donors (Lipinski definition) is 1. The summed E-state index contributed by atoms with van der Waals surface area (Å²) in [6.07, 6.45) is -3.69. The Labute approximate surface area is 115 Å². The smallest absolute Gasteiger partial charge is 0.443 e. The number of rotatable bonds is 1. The monoisotopic (exact) mass is 312 g/mol. The fourth-order valence-corrected chi connectivity index (χ4v) is 1.89. The number of halogens is 5. The second-order valence-electron chi connectivity index (χ2n) is 3.78. The molecule has 0 saturated carbocycles. The molecule has 0 aromatic heterocycles. The van der Waals surface area contributed by atoms with E-state index in [1.54, 1.807) is 0 Å². The first-order valence-corrected chi connectivity index (χ1v) is 5.60. The molecule has 0 amide bonds. The van der Waals surface area contributed by atoms with Gasteiger partial charge >= 0.3 is 17.7 Å². The van der Waals surface area contributed by atoms with Gasteiger partial charge in [-0.15, -0.1) is 0 Å². The average Bonchev–Trinajstić information content (AvgIpc) is 2.28. The number of fused-ring (bicyclic) bond motifs is 1. The number of carbonyl (C=O) groups is 1. The minimum absolute atomic E-state index is 0.0304. The van der Waals surface area contributed by atoms with Gasteiger partial charge in [-0.1, -0.05) is 29.3 Å². The quantitative estimate of drug-likeness (QED) is 0.858. The summed E-state index contributed by atoms with van der Waals surface area (Å²) < 4.78 is 43.3. The van der Waals surface area contributed by atoms with E-state index in [-0.39, 0.29) is 21.4 Å². The standard InChI is InChI=1S/C11H5Cl2F3O3/c12-6-3-5-1-2-10(9(17)18,11(14,15)16)19-8(5)4-7(6)13/h1-4H,(H,17,18). The van der Waals surface area contributed by atoms with Crippen LogP contribution in [0.4, 0.5) is 13.2 Å². The van der Waals surface area contributed by atoms with Crippen LogP contribution in [0.5, 0.6) is 5.75 Å². The first-order valence-electron chi connectivity index (χ1n) is 4.85. The SMILES string of the molecule is O=C(O)C1(C(F)(F)F)C=Cc2cc(Cl)c(Cl)cc2O1. The van der Waals surface area contributed by atoms with Crippen molar-refractivity contribution in [3.8, 4) is 5.75 Å². The van der Waals surface area contributed by atoms with Crippen molar-refractivity contribution in [1.82, 2.24) is 0 Å². The third-order valence-electron chi connectivity index (χ3n) is 2.56. The summed E-state index contributed by atoms with van der Waals surface area (Å²) in [5, 5.41) is 8.92. The molecule has 0 spiro atoms. The molecule has 102 valence electrons. The van der Waals surface area contributed by atoms with Gasteiger partial charge in [0.25, 0.3) is 0 Å². The molecular weight excluding hydrogens is 308 g/mol. The minimum atomic E-state index is -5.11. The van der Waals surface area contributed by atoms with Crippen LogP contribution in [-0.4, -0.2) is 22.9 Å². The molecule has 0 bridgehead atoms. The first-order chi connectivity index (χ1) is 8.67. The van der Waals surface area contributed by atoms with E-state index < -0.39 is 17.7 Å². The third-order valence-corrected chi connectivity index (χ3v) is 3.28. The van der Waals surface area contributed by atoms with Crippen molar-refractivity contribution < 1.29 is 27.8 Å². The summed E-state index contributed by atoms with van der Waals surface area (Å²) in [4.78, 5) is 10.9. The Kier molecular flexibility index (Phi) is 3.18. The van der Waals surface area contributed by atoms with Gasteiger partial charge in [0, 0.05) is 11.6 Å². The normalized spacial score (nSPS) is 21.7. The lowest BCUT2D eigenvalue weighted by molar-refractivity contribution is -0.235. The topological polar surface area (TPSA) is 46.5 Å². The molecule has 0 fully saturated rings. The predicted molar refractivity (Wildman–Crippen MR) is 62.5 cm³/mol. The highest BCUT2D eigenvalue weighted by molar-refractivity contribution is 6.42. The highest BCUT2D eigenvalue weighted by atomic mass is 35.5. The van der Waals surface area contributed by atoms with Crippen LogP contribution in [0.15, 0.2) is 18.2 Å². The van der Waals surface area contributed by atoms with Crippen LogP contribution in [0.1, 0.15) is 5.56 Å². The van der Waals surface area contributed by atoms with Crippen molar-refractivity contribution in [3.05, 3.63) is 33.8 Å². The van der Waals surface area contributed by atoms with E-state index in [0.29, 0.717) is 6.08 Å². The lowest BCUT2D eigenvalue weighted by atomic mass is 9.97. The molecule has 1 aromatic carbocycles. The molecule has 0 aliphatic carbocycles. The number of alkyl halides is 3. The maximum Gasteiger partial charge on any atom is 0.443 e. The van der Waals surface area contributed by atoms with Crippen LogP contribution in [-0.2, 0) is 4.79 Å². The third kappa shape index (κ3) is 2.15. The Hall–Kier alpha value is -1.40. The number of aliphatic carboxylic acids is 1. The van der Waals surface area contributed by atoms with Crippen molar-refractivity contribution in [1.29, 1.82) is 0 Å². The lowest BCUT2D eigenvalue weighted by Gasteiger charge is -2.32. The number of ether oxygens (including phenoxy) is 1. The molecule has 1 N–H and O–H groups in total. The molecule has 1 aliphatic heterocycles. The number of carboxylic acid groups (broad SMARTS) is 1. The van der Waals surface area contributed by atoms with Gasteiger partial charge in [-0.2, -0.15) is 13.2 Å². The molecular formula is C11H5Cl2F3O3. The van der Waals surface area contributed by atoms with Gasteiger partial charge in [-0.3, -0.25) is 0 Å². The van der Waals surface area contributed by atoms with Crippen LogP contribution >= 0.6 is 23.2 Å². The van der Waals surface area contributed by atoms with Gasteiger partial charge < -0.3 is 9.84 Å². The van der Waals surface area contributed by atoms with Crippen LogP contribution in [0.3, 0.4) is 0 Å². The largest absolute Gasteiger partial charge is 0.478 e. The Balaban J connectivity index is 2.58. The van der Waals surface area contributed by atoms with E-state index in [0.717, 1.165) is 12.1 Å². The van der Waals surface area contributed by atoms with E-state index in [9.17, 15) is 18.0 Å². The molecule has 1 aromatic rings. The molecule has 1 atom stereocenters. The van der Waals surface area contributed by atoms with Crippen LogP contribution < -0.4 is 4.74 Å². The summed E-state index contributed by atoms with van der Waals surface area (Å²) in [6, 6.07) is 2.34. The van der Waals surface area contributed by atoms with Crippen molar-refractivity contribution in [2.75, 3.05) is 0 Å². The van der Waals surface area contributed by atoms with Crippen LogP contribution in [0, 0.1) is 0 Å². The molecule has 8 heteroatoms. The van der Waals surface area contributed by atoms with Gasteiger partial charge in [0.2, 0.25) is 0 Å². The van der Waals surface area contributed by atoms with Crippen molar-refractivity contribution in [2.45, 2.75) is 11.8 Å². The van der Waals surface area contributed by atoms with Crippen LogP contribution in [0.2, 0.25) is 10.0 Å². The second-order valence-corrected chi connectivity index (χ2v) is 4.59. The molecule has 3 nitrogen and oxygen atoms in total. The van der Waals surface area contributed by atoms with Gasteiger partial charge in [0.1, 0.15) is 5.75 Å². The first kappa shape index (κ1) is 14.0. The summed E-state index contributed by atoms with van der Waals surface area (Å²) in [6.45, 7) is 0. The molecule has 0 saturated heterocycles.